The van der Waals surface area contributed by atoms with Crippen molar-refractivity contribution in [2.45, 2.75) is 52.0 Å². The first-order chi connectivity index (χ1) is 14.1. The largest absolute Gasteiger partial charge is 0.493 e. The molecule has 0 spiro atoms. The molecule has 2 aromatic rings. The average molecular weight is 399 g/mol. The number of piperidine rings is 1. The van der Waals surface area contributed by atoms with Gasteiger partial charge in [-0.25, -0.2) is 4.79 Å². The number of likely N-dealkylation sites (tertiary alicyclic amines) is 1. The fraction of sp³-hybridized carbons (Fsp3) is 0.545. The first kappa shape index (κ1) is 19.8. The van der Waals surface area contributed by atoms with Crippen molar-refractivity contribution in [3.8, 4) is 11.6 Å². The number of benzene rings is 1. The van der Waals surface area contributed by atoms with Gasteiger partial charge in [-0.1, -0.05) is 18.1 Å². The molecule has 3 heterocycles. The van der Waals surface area contributed by atoms with Gasteiger partial charge in [0.2, 0.25) is 5.88 Å². The summed E-state index contributed by atoms with van der Waals surface area (Å²) in [6, 6.07) is 5.96. The third-order valence-corrected chi connectivity index (χ3v) is 5.77. The molecule has 0 unspecified atom stereocenters. The van der Waals surface area contributed by atoms with Gasteiger partial charge in [0.25, 0.3) is 0 Å². The van der Waals surface area contributed by atoms with Crippen LogP contribution in [0.5, 0.6) is 11.6 Å². The number of aryl methyl sites for hydroxylation is 1. The Kier molecular flexibility index (Phi) is 6.04. The molecule has 7 nitrogen and oxygen atoms in total. The molecule has 0 aliphatic carbocycles. The average Bonchev–Trinajstić information content (AvgIpc) is 2.99. The van der Waals surface area contributed by atoms with Gasteiger partial charge in [-0.15, -0.1) is 0 Å². The van der Waals surface area contributed by atoms with Crippen molar-refractivity contribution >= 4 is 5.71 Å². The Balaban J connectivity index is 1.44. The lowest BCUT2D eigenvalue weighted by Crippen LogP contribution is -2.31. The molecule has 0 amide bonds. The first-order valence-electron chi connectivity index (χ1n) is 10.7. The van der Waals surface area contributed by atoms with E-state index in [0.717, 1.165) is 42.0 Å². The molecule has 0 saturated carbocycles. The zero-order valence-corrected chi connectivity index (χ0v) is 17.1. The Labute approximate surface area is 171 Å². The Morgan fingerprint density at radius 3 is 2.76 bits per heavy atom. The summed E-state index contributed by atoms with van der Waals surface area (Å²) in [5, 5.41) is 14.8. The summed E-state index contributed by atoms with van der Waals surface area (Å²) in [4.78, 5) is 15.2. The van der Waals surface area contributed by atoms with Crippen LogP contribution in [0, 0.1) is 6.92 Å². The standard InChI is InChI=1S/C22H30N4O3/c1-17-7-8-20-18(15-17)19(9-14-29-20)23-26-16-21(27)25(22(26)28)13-6-5-12-24-10-3-2-4-11-24/h7-8,15-16,27H,2-6,9-14H2,1H3/b23-19+. The van der Waals surface area contributed by atoms with Gasteiger partial charge >= 0.3 is 5.69 Å². The monoisotopic (exact) mass is 398 g/mol. The van der Waals surface area contributed by atoms with Crippen molar-refractivity contribution in [1.29, 1.82) is 0 Å². The molecule has 1 saturated heterocycles. The molecule has 29 heavy (non-hydrogen) atoms. The quantitative estimate of drug-likeness (QED) is 0.760. The molecule has 0 atom stereocenters. The van der Waals surface area contributed by atoms with Crippen molar-refractivity contribution in [2.24, 2.45) is 5.10 Å². The molecule has 4 rings (SSSR count). The van der Waals surface area contributed by atoms with Crippen LogP contribution < -0.4 is 10.4 Å². The highest BCUT2D eigenvalue weighted by Crippen LogP contribution is 2.26. The molecule has 156 valence electrons. The van der Waals surface area contributed by atoms with Gasteiger partial charge < -0.3 is 14.7 Å². The van der Waals surface area contributed by atoms with Crippen LogP contribution in [0.4, 0.5) is 0 Å². The second-order valence-electron chi connectivity index (χ2n) is 8.02. The predicted molar refractivity (Wildman–Crippen MR) is 113 cm³/mol. The third-order valence-electron chi connectivity index (χ3n) is 5.77. The minimum Gasteiger partial charge on any atom is -0.493 e. The van der Waals surface area contributed by atoms with E-state index in [1.54, 1.807) is 0 Å². The number of aromatic hydroxyl groups is 1. The van der Waals surface area contributed by atoms with E-state index in [1.807, 2.05) is 25.1 Å². The molecule has 1 fully saturated rings. The van der Waals surface area contributed by atoms with Gasteiger partial charge in [0, 0.05) is 18.5 Å². The lowest BCUT2D eigenvalue weighted by atomic mass is 10.0. The van der Waals surface area contributed by atoms with Crippen LogP contribution in [0.15, 0.2) is 34.3 Å². The van der Waals surface area contributed by atoms with Crippen LogP contribution in [0.2, 0.25) is 0 Å². The minimum atomic E-state index is -0.298. The Bertz CT molecular complexity index is 938. The molecule has 1 N–H and O–H groups in total. The van der Waals surface area contributed by atoms with E-state index in [1.165, 1.54) is 47.8 Å². The topological polar surface area (TPSA) is 72.0 Å². The highest BCUT2D eigenvalue weighted by atomic mass is 16.5. The number of hydrogen-bond donors (Lipinski definition) is 1. The second-order valence-corrected chi connectivity index (χ2v) is 8.02. The summed E-state index contributed by atoms with van der Waals surface area (Å²) in [5.41, 5.74) is 2.54. The maximum atomic E-state index is 12.8. The zero-order chi connectivity index (χ0) is 20.2. The number of imidazole rings is 1. The number of ether oxygens (including phenoxy) is 1. The number of hydrogen-bond acceptors (Lipinski definition) is 5. The number of unbranched alkanes of at least 4 members (excludes halogenated alkanes) is 1. The van der Waals surface area contributed by atoms with Crippen LogP contribution in [0.25, 0.3) is 0 Å². The minimum absolute atomic E-state index is 0.0335. The van der Waals surface area contributed by atoms with Crippen molar-refractivity contribution in [2.75, 3.05) is 26.2 Å². The number of fused-ring (bicyclic) bond motifs is 1. The molecule has 7 heteroatoms. The van der Waals surface area contributed by atoms with Crippen LogP contribution in [-0.2, 0) is 6.54 Å². The summed E-state index contributed by atoms with van der Waals surface area (Å²) >= 11 is 0. The zero-order valence-electron chi connectivity index (χ0n) is 17.1. The maximum absolute atomic E-state index is 12.8. The molecule has 2 aliphatic rings. The lowest BCUT2D eigenvalue weighted by Gasteiger charge is -2.26. The number of aromatic nitrogens is 2. The van der Waals surface area contributed by atoms with Crippen LogP contribution in [0.1, 0.15) is 49.7 Å². The molecule has 1 aromatic carbocycles. The van der Waals surface area contributed by atoms with Crippen molar-refractivity contribution in [1.82, 2.24) is 14.1 Å². The molecule has 0 bridgehead atoms. The summed E-state index contributed by atoms with van der Waals surface area (Å²) < 4.78 is 8.36. The van der Waals surface area contributed by atoms with E-state index in [9.17, 15) is 9.90 Å². The fourth-order valence-electron chi connectivity index (χ4n) is 4.15. The smallest absolute Gasteiger partial charge is 0.351 e. The van der Waals surface area contributed by atoms with Crippen molar-refractivity contribution in [3.05, 3.63) is 46.0 Å². The van der Waals surface area contributed by atoms with E-state index in [-0.39, 0.29) is 11.6 Å². The van der Waals surface area contributed by atoms with E-state index < -0.39 is 0 Å². The van der Waals surface area contributed by atoms with Crippen molar-refractivity contribution < 1.29 is 9.84 Å². The fourth-order valence-corrected chi connectivity index (χ4v) is 4.15. The van der Waals surface area contributed by atoms with E-state index in [4.69, 9.17) is 4.74 Å². The van der Waals surface area contributed by atoms with E-state index in [2.05, 4.69) is 10.0 Å². The highest BCUT2D eigenvalue weighted by molar-refractivity contribution is 6.03. The van der Waals surface area contributed by atoms with Crippen molar-refractivity contribution in [3.63, 3.8) is 0 Å². The van der Waals surface area contributed by atoms with E-state index in [0.29, 0.717) is 19.6 Å². The molecule has 0 radical (unpaired) electrons. The molecular weight excluding hydrogens is 368 g/mol. The van der Waals surface area contributed by atoms with Crippen LogP contribution >= 0.6 is 0 Å². The highest BCUT2D eigenvalue weighted by Gasteiger charge is 2.19. The second kappa shape index (κ2) is 8.86. The summed E-state index contributed by atoms with van der Waals surface area (Å²) in [6.45, 7) is 6.50. The van der Waals surface area contributed by atoms with Gasteiger partial charge in [-0.3, -0.25) is 4.57 Å². The van der Waals surface area contributed by atoms with Gasteiger partial charge in [0.1, 0.15) is 5.75 Å². The van der Waals surface area contributed by atoms with Crippen LogP contribution in [0.3, 0.4) is 0 Å². The number of rotatable bonds is 6. The van der Waals surface area contributed by atoms with Crippen LogP contribution in [-0.4, -0.2) is 51.2 Å². The lowest BCUT2D eigenvalue weighted by molar-refractivity contribution is 0.223. The molecular formula is C22H30N4O3. The SMILES string of the molecule is Cc1ccc2c(c1)/C(=N/n1cc(O)n(CCCCN3CCCCC3)c1=O)CCO2. The Morgan fingerprint density at radius 1 is 1.14 bits per heavy atom. The molecule has 1 aromatic heterocycles. The first-order valence-corrected chi connectivity index (χ1v) is 10.7. The predicted octanol–water partition coefficient (Wildman–Crippen LogP) is 2.96. The summed E-state index contributed by atoms with van der Waals surface area (Å²) in [5.74, 6) is 0.754. The summed E-state index contributed by atoms with van der Waals surface area (Å²) in [7, 11) is 0. The number of nitrogens with zero attached hydrogens (tertiary/aromatic N) is 4. The van der Waals surface area contributed by atoms with Gasteiger partial charge in [0.05, 0.1) is 18.5 Å². The van der Waals surface area contributed by atoms with E-state index >= 15 is 0 Å². The summed E-state index contributed by atoms with van der Waals surface area (Å²) in [6.07, 6.45) is 7.84. The maximum Gasteiger partial charge on any atom is 0.351 e. The van der Waals surface area contributed by atoms with Gasteiger partial charge in [0.15, 0.2) is 0 Å². The Hall–Kier alpha value is -2.54. The Morgan fingerprint density at radius 2 is 1.93 bits per heavy atom. The normalized spacial score (nSPS) is 18.6. The van der Waals surface area contributed by atoms with Gasteiger partial charge in [-0.05, 0) is 64.4 Å². The third kappa shape index (κ3) is 4.56. The molecule has 2 aliphatic heterocycles. The van der Waals surface area contributed by atoms with Gasteiger partial charge in [-0.2, -0.15) is 9.78 Å².